The fourth-order valence-electron chi connectivity index (χ4n) is 1.21. The minimum Gasteiger partial charge on any atom is -0.495 e. The van der Waals surface area contributed by atoms with Crippen molar-refractivity contribution in [2.24, 2.45) is 0 Å². The molecule has 0 atom stereocenters. The van der Waals surface area contributed by atoms with Crippen molar-refractivity contribution in [2.75, 3.05) is 20.0 Å². The number of benzene rings is 1. The van der Waals surface area contributed by atoms with Crippen molar-refractivity contribution < 1.29 is 17.9 Å². The third kappa shape index (κ3) is 2.11. The fraction of sp³-hybridized carbons (Fsp3) is 0.200. The molecular formula is C10H13NO4S. The quantitative estimate of drug-likeness (QED) is 0.804. The van der Waals surface area contributed by atoms with Crippen LogP contribution in [0.2, 0.25) is 0 Å². The molecule has 0 amide bonds. The minimum atomic E-state index is -3.59. The largest absolute Gasteiger partial charge is 0.495 e. The molecule has 0 saturated heterocycles. The smallest absolute Gasteiger partial charge is 0.203 e. The molecule has 0 fully saturated rings. The zero-order valence-corrected chi connectivity index (χ0v) is 9.87. The lowest BCUT2D eigenvalue weighted by Gasteiger charge is -2.11. The molecule has 0 spiro atoms. The molecule has 1 rings (SSSR count). The topological polar surface area (TPSA) is 78.6 Å². The lowest BCUT2D eigenvalue weighted by atomic mass is 10.3. The zero-order valence-electron chi connectivity index (χ0n) is 9.06. The highest BCUT2D eigenvalue weighted by Crippen LogP contribution is 2.34. The van der Waals surface area contributed by atoms with Crippen LogP contribution in [0.5, 0.6) is 11.5 Å². The van der Waals surface area contributed by atoms with Crippen LogP contribution in [0.15, 0.2) is 29.0 Å². The van der Waals surface area contributed by atoms with Crippen LogP contribution in [0, 0.1) is 0 Å². The number of rotatable bonds is 4. The second-order valence-corrected chi connectivity index (χ2v) is 4.82. The second-order valence-electron chi connectivity index (χ2n) is 2.96. The van der Waals surface area contributed by atoms with E-state index in [0.717, 1.165) is 5.41 Å². The summed E-state index contributed by atoms with van der Waals surface area (Å²) in [5.41, 5.74) is 5.94. The number of nitrogens with two attached hydrogens (primary N) is 1. The molecule has 0 aliphatic rings. The Kier molecular flexibility index (Phi) is 3.44. The normalized spacial score (nSPS) is 10.9. The van der Waals surface area contributed by atoms with Gasteiger partial charge in [0.2, 0.25) is 9.84 Å². The molecule has 0 unspecified atom stereocenters. The molecule has 16 heavy (non-hydrogen) atoms. The third-order valence-corrected chi connectivity index (χ3v) is 3.41. The van der Waals surface area contributed by atoms with Gasteiger partial charge in [0.25, 0.3) is 0 Å². The van der Waals surface area contributed by atoms with Crippen LogP contribution in [0.1, 0.15) is 0 Å². The summed E-state index contributed by atoms with van der Waals surface area (Å²) in [4.78, 5) is -0.0175. The summed E-state index contributed by atoms with van der Waals surface area (Å²) >= 11 is 0. The molecule has 0 heterocycles. The highest BCUT2D eigenvalue weighted by atomic mass is 32.2. The summed E-state index contributed by atoms with van der Waals surface area (Å²) in [7, 11) is -0.817. The molecule has 5 nitrogen and oxygen atoms in total. The van der Waals surface area contributed by atoms with Crippen LogP contribution in [0.25, 0.3) is 0 Å². The number of anilines is 1. The lowest BCUT2D eigenvalue weighted by molar-refractivity contribution is 0.394. The summed E-state index contributed by atoms with van der Waals surface area (Å²) in [5, 5.41) is 0.848. The highest BCUT2D eigenvalue weighted by molar-refractivity contribution is 7.94. The molecule has 0 aliphatic carbocycles. The number of nitrogen functional groups attached to an aromatic ring is 1. The Morgan fingerprint density at radius 2 is 1.81 bits per heavy atom. The number of hydrogen-bond acceptors (Lipinski definition) is 5. The van der Waals surface area contributed by atoms with Gasteiger partial charge in [0.1, 0.15) is 16.4 Å². The summed E-state index contributed by atoms with van der Waals surface area (Å²) in [6.45, 7) is 3.25. The first-order chi connectivity index (χ1) is 7.46. The minimum absolute atomic E-state index is 0.0175. The standard InChI is InChI=1S/C10H13NO4S/c1-4-16(12,13)10-6-8(14-2)7(11)5-9(10)15-3/h4-6H,1,11H2,2-3H3. The Balaban J connectivity index is 3.54. The van der Waals surface area contributed by atoms with Gasteiger partial charge in [0, 0.05) is 17.5 Å². The molecule has 2 N–H and O–H groups in total. The van der Waals surface area contributed by atoms with Crippen molar-refractivity contribution in [1.82, 2.24) is 0 Å². The van der Waals surface area contributed by atoms with Gasteiger partial charge in [0.15, 0.2) is 0 Å². The monoisotopic (exact) mass is 243 g/mol. The molecule has 0 aromatic heterocycles. The average Bonchev–Trinajstić information content (AvgIpc) is 2.28. The number of hydrogen-bond donors (Lipinski definition) is 1. The van der Waals surface area contributed by atoms with Crippen molar-refractivity contribution >= 4 is 15.5 Å². The molecule has 0 saturated carbocycles. The summed E-state index contributed by atoms with van der Waals surface area (Å²) in [6.07, 6.45) is 0. The first kappa shape index (κ1) is 12.4. The molecular weight excluding hydrogens is 230 g/mol. The van der Waals surface area contributed by atoms with Crippen LogP contribution in [0.4, 0.5) is 5.69 Å². The number of methoxy groups -OCH3 is 2. The molecule has 1 aromatic rings. The van der Waals surface area contributed by atoms with Gasteiger partial charge >= 0.3 is 0 Å². The van der Waals surface area contributed by atoms with E-state index in [2.05, 4.69) is 6.58 Å². The highest BCUT2D eigenvalue weighted by Gasteiger charge is 2.19. The van der Waals surface area contributed by atoms with E-state index >= 15 is 0 Å². The van der Waals surface area contributed by atoms with Gasteiger partial charge in [-0.2, -0.15) is 0 Å². The van der Waals surface area contributed by atoms with Crippen LogP contribution in [0.3, 0.4) is 0 Å². The van der Waals surface area contributed by atoms with E-state index in [4.69, 9.17) is 15.2 Å². The van der Waals surface area contributed by atoms with Crippen LogP contribution in [-0.4, -0.2) is 22.6 Å². The second kappa shape index (κ2) is 4.44. The summed E-state index contributed by atoms with van der Waals surface area (Å²) in [5.74, 6) is 0.444. The Hall–Kier alpha value is -1.69. The Bertz CT molecular complexity index is 508. The third-order valence-electron chi connectivity index (χ3n) is 2.04. The maximum absolute atomic E-state index is 11.7. The maximum atomic E-state index is 11.7. The van der Waals surface area contributed by atoms with Crippen molar-refractivity contribution in [3.8, 4) is 11.5 Å². The van der Waals surface area contributed by atoms with Gasteiger partial charge in [-0.15, -0.1) is 0 Å². The molecule has 0 aliphatic heterocycles. The predicted molar refractivity (Wildman–Crippen MR) is 61.3 cm³/mol. The predicted octanol–water partition coefficient (Wildman–Crippen LogP) is 1.20. The van der Waals surface area contributed by atoms with Crippen molar-refractivity contribution in [3.63, 3.8) is 0 Å². The van der Waals surface area contributed by atoms with E-state index < -0.39 is 9.84 Å². The number of ether oxygens (including phenoxy) is 2. The number of sulfone groups is 1. The molecule has 6 heteroatoms. The van der Waals surface area contributed by atoms with E-state index in [9.17, 15) is 8.42 Å². The van der Waals surface area contributed by atoms with Gasteiger partial charge in [-0.1, -0.05) is 6.58 Å². The van der Waals surface area contributed by atoms with E-state index in [-0.39, 0.29) is 16.4 Å². The van der Waals surface area contributed by atoms with Crippen molar-refractivity contribution in [1.29, 1.82) is 0 Å². The first-order valence-electron chi connectivity index (χ1n) is 4.35. The summed E-state index contributed by atoms with van der Waals surface area (Å²) in [6, 6.07) is 2.71. The van der Waals surface area contributed by atoms with E-state index in [0.29, 0.717) is 5.69 Å². The van der Waals surface area contributed by atoms with E-state index in [1.165, 1.54) is 26.4 Å². The maximum Gasteiger partial charge on any atom is 0.203 e. The van der Waals surface area contributed by atoms with Crippen LogP contribution in [-0.2, 0) is 9.84 Å². The zero-order chi connectivity index (χ0) is 12.3. The van der Waals surface area contributed by atoms with Crippen LogP contribution >= 0.6 is 0 Å². The van der Waals surface area contributed by atoms with Crippen molar-refractivity contribution in [2.45, 2.75) is 4.90 Å². The average molecular weight is 243 g/mol. The van der Waals surface area contributed by atoms with Gasteiger partial charge in [-0.25, -0.2) is 8.42 Å². The van der Waals surface area contributed by atoms with Crippen molar-refractivity contribution in [3.05, 3.63) is 24.1 Å². The Morgan fingerprint density at radius 3 is 2.25 bits per heavy atom. The fourth-order valence-corrected chi connectivity index (χ4v) is 2.08. The van der Waals surface area contributed by atoms with E-state index in [1.54, 1.807) is 0 Å². The molecule has 0 radical (unpaired) electrons. The van der Waals surface area contributed by atoms with E-state index in [1.807, 2.05) is 0 Å². The van der Waals surface area contributed by atoms with Gasteiger partial charge in [-0.3, -0.25) is 0 Å². The summed E-state index contributed by atoms with van der Waals surface area (Å²) < 4.78 is 33.2. The van der Waals surface area contributed by atoms with Crippen LogP contribution < -0.4 is 15.2 Å². The van der Waals surface area contributed by atoms with Gasteiger partial charge in [-0.05, 0) is 0 Å². The molecule has 88 valence electrons. The van der Waals surface area contributed by atoms with Gasteiger partial charge < -0.3 is 15.2 Å². The molecule has 0 bridgehead atoms. The Morgan fingerprint density at radius 1 is 1.25 bits per heavy atom. The first-order valence-corrected chi connectivity index (χ1v) is 5.90. The Labute approximate surface area is 94.4 Å². The lowest BCUT2D eigenvalue weighted by Crippen LogP contribution is -2.02. The SMILES string of the molecule is C=CS(=O)(=O)c1cc(OC)c(N)cc1OC. The van der Waals surface area contributed by atoms with Gasteiger partial charge in [0.05, 0.1) is 19.9 Å². The molecule has 1 aromatic carbocycles.